The van der Waals surface area contributed by atoms with Gasteiger partial charge in [-0.1, -0.05) is 26.0 Å². The van der Waals surface area contributed by atoms with Crippen molar-refractivity contribution in [3.8, 4) is 0 Å². The van der Waals surface area contributed by atoms with Crippen LogP contribution in [0.15, 0.2) is 24.3 Å². The van der Waals surface area contributed by atoms with Crippen LogP contribution < -0.4 is 0 Å². The predicted octanol–water partition coefficient (Wildman–Crippen LogP) is 3.34. The Morgan fingerprint density at radius 2 is 1.94 bits per heavy atom. The van der Waals surface area contributed by atoms with Crippen molar-refractivity contribution in [2.45, 2.75) is 33.3 Å². The Bertz CT molecular complexity index is 341. The van der Waals surface area contributed by atoms with Crippen molar-refractivity contribution in [1.29, 1.82) is 0 Å². The summed E-state index contributed by atoms with van der Waals surface area (Å²) in [5, 5.41) is 8.74. The number of aromatic carboxylic acids is 1. The van der Waals surface area contributed by atoms with Crippen LogP contribution in [0, 0.1) is 5.92 Å². The normalized spacial score (nSPS) is 10.8. The largest absolute Gasteiger partial charge is 0.478 e. The van der Waals surface area contributed by atoms with Gasteiger partial charge >= 0.3 is 5.97 Å². The van der Waals surface area contributed by atoms with E-state index < -0.39 is 5.97 Å². The molecule has 3 heteroatoms. The van der Waals surface area contributed by atoms with Gasteiger partial charge in [-0.2, -0.15) is 0 Å². The molecule has 0 unspecified atom stereocenters. The van der Waals surface area contributed by atoms with Crippen LogP contribution in [0.2, 0.25) is 0 Å². The third-order valence-corrected chi connectivity index (χ3v) is 2.54. The number of carboxylic acids is 1. The number of ether oxygens (including phenoxy) is 1. The quantitative estimate of drug-likeness (QED) is 0.738. The molecule has 0 fully saturated rings. The Balaban J connectivity index is 2.25. The van der Waals surface area contributed by atoms with Crippen LogP contribution in [0.5, 0.6) is 0 Å². The van der Waals surface area contributed by atoms with E-state index >= 15 is 0 Å². The first-order chi connectivity index (χ1) is 8.09. The van der Waals surface area contributed by atoms with Crippen LogP contribution in [-0.2, 0) is 11.3 Å². The molecule has 0 radical (unpaired) electrons. The number of hydrogen-bond donors (Lipinski definition) is 1. The maximum Gasteiger partial charge on any atom is 0.335 e. The van der Waals surface area contributed by atoms with Crippen molar-refractivity contribution < 1.29 is 14.6 Å². The third-order valence-electron chi connectivity index (χ3n) is 2.54. The first kappa shape index (κ1) is 13.7. The van der Waals surface area contributed by atoms with Gasteiger partial charge in [0, 0.05) is 6.61 Å². The molecule has 1 aromatic rings. The molecule has 0 aliphatic carbocycles. The Morgan fingerprint density at radius 1 is 1.29 bits per heavy atom. The Hall–Kier alpha value is -1.35. The molecule has 0 aliphatic rings. The van der Waals surface area contributed by atoms with Crippen molar-refractivity contribution in [2.75, 3.05) is 6.61 Å². The molecule has 1 aromatic carbocycles. The Morgan fingerprint density at radius 3 is 2.47 bits per heavy atom. The molecule has 3 nitrogen and oxygen atoms in total. The van der Waals surface area contributed by atoms with Crippen LogP contribution in [0.4, 0.5) is 0 Å². The van der Waals surface area contributed by atoms with E-state index in [0.717, 1.165) is 18.6 Å². The lowest BCUT2D eigenvalue weighted by molar-refractivity contribution is 0.0696. The number of benzene rings is 1. The molecule has 1 rings (SSSR count). The SMILES string of the molecule is CC(C)CCCOCc1ccc(C(=O)O)cc1. The second kappa shape index (κ2) is 7.07. The summed E-state index contributed by atoms with van der Waals surface area (Å²) in [5.41, 5.74) is 1.33. The predicted molar refractivity (Wildman–Crippen MR) is 67.1 cm³/mol. The van der Waals surface area contributed by atoms with Crippen LogP contribution in [-0.4, -0.2) is 17.7 Å². The summed E-state index contributed by atoms with van der Waals surface area (Å²) < 4.78 is 5.52. The van der Waals surface area contributed by atoms with Gasteiger partial charge in [0.2, 0.25) is 0 Å². The molecule has 0 bridgehead atoms. The number of rotatable bonds is 7. The van der Waals surface area contributed by atoms with Gasteiger partial charge in [0.05, 0.1) is 12.2 Å². The van der Waals surface area contributed by atoms with Gasteiger partial charge in [-0.3, -0.25) is 0 Å². The highest BCUT2D eigenvalue weighted by molar-refractivity contribution is 5.87. The summed E-state index contributed by atoms with van der Waals surface area (Å²) in [6.45, 7) is 5.71. The Labute approximate surface area is 102 Å². The highest BCUT2D eigenvalue weighted by Gasteiger charge is 2.01. The van der Waals surface area contributed by atoms with Crippen molar-refractivity contribution in [3.63, 3.8) is 0 Å². The fourth-order valence-electron chi connectivity index (χ4n) is 1.53. The minimum absolute atomic E-state index is 0.313. The zero-order valence-corrected chi connectivity index (χ0v) is 10.5. The summed E-state index contributed by atoms with van der Waals surface area (Å²) in [4.78, 5) is 10.6. The molecule has 0 aliphatic heterocycles. The molecule has 17 heavy (non-hydrogen) atoms. The average molecular weight is 236 g/mol. The van der Waals surface area contributed by atoms with Crippen LogP contribution in [0.3, 0.4) is 0 Å². The first-order valence-corrected chi connectivity index (χ1v) is 5.99. The summed E-state index contributed by atoms with van der Waals surface area (Å²) in [5.74, 6) is -0.178. The summed E-state index contributed by atoms with van der Waals surface area (Å²) in [7, 11) is 0. The molecule has 1 N–H and O–H groups in total. The third kappa shape index (κ3) is 5.50. The lowest BCUT2D eigenvalue weighted by atomic mass is 10.1. The highest BCUT2D eigenvalue weighted by atomic mass is 16.5. The van der Waals surface area contributed by atoms with Gasteiger partial charge in [0.15, 0.2) is 0 Å². The number of hydrogen-bond acceptors (Lipinski definition) is 2. The summed E-state index contributed by atoms with van der Waals surface area (Å²) in [6.07, 6.45) is 2.25. The second-order valence-electron chi connectivity index (χ2n) is 4.59. The van der Waals surface area contributed by atoms with Gasteiger partial charge < -0.3 is 9.84 Å². The van der Waals surface area contributed by atoms with E-state index in [-0.39, 0.29) is 0 Å². The van der Waals surface area contributed by atoms with E-state index in [2.05, 4.69) is 13.8 Å². The van der Waals surface area contributed by atoms with E-state index in [1.54, 1.807) is 24.3 Å². The van der Waals surface area contributed by atoms with Crippen LogP contribution in [0.1, 0.15) is 42.6 Å². The van der Waals surface area contributed by atoms with E-state index in [0.29, 0.717) is 18.1 Å². The smallest absolute Gasteiger partial charge is 0.335 e. The molecule has 0 atom stereocenters. The molecule has 0 aromatic heterocycles. The number of carbonyl (C=O) groups is 1. The monoisotopic (exact) mass is 236 g/mol. The fraction of sp³-hybridized carbons (Fsp3) is 0.500. The summed E-state index contributed by atoms with van der Waals surface area (Å²) in [6, 6.07) is 6.81. The first-order valence-electron chi connectivity index (χ1n) is 5.99. The lowest BCUT2D eigenvalue weighted by Crippen LogP contribution is -1.99. The standard InChI is InChI=1S/C14H20O3/c1-11(2)4-3-9-17-10-12-5-7-13(8-6-12)14(15)16/h5-8,11H,3-4,9-10H2,1-2H3,(H,15,16). The molecule has 0 heterocycles. The minimum atomic E-state index is -0.894. The van der Waals surface area contributed by atoms with E-state index in [1.807, 2.05) is 0 Å². The molecule has 94 valence electrons. The average Bonchev–Trinajstić information content (AvgIpc) is 2.29. The van der Waals surface area contributed by atoms with Crippen molar-refractivity contribution in [1.82, 2.24) is 0 Å². The van der Waals surface area contributed by atoms with E-state index in [4.69, 9.17) is 9.84 Å². The van der Waals surface area contributed by atoms with Crippen LogP contribution in [0.25, 0.3) is 0 Å². The van der Waals surface area contributed by atoms with Crippen molar-refractivity contribution >= 4 is 5.97 Å². The second-order valence-corrected chi connectivity index (χ2v) is 4.59. The van der Waals surface area contributed by atoms with Gasteiger partial charge in [-0.05, 0) is 36.5 Å². The van der Waals surface area contributed by atoms with Gasteiger partial charge in [-0.15, -0.1) is 0 Å². The summed E-state index contributed by atoms with van der Waals surface area (Å²) >= 11 is 0. The fourth-order valence-corrected chi connectivity index (χ4v) is 1.53. The van der Waals surface area contributed by atoms with Gasteiger partial charge in [-0.25, -0.2) is 4.79 Å². The van der Waals surface area contributed by atoms with Crippen molar-refractivity contribution in [3.05, 3.63) is 35.4 Å². The van der Waals surface area contributed by atoms with Crippen LogP contribution >= 0.6 is 0 Å². The van der Waals surface area contributed by atoms with Crippen molar-refractivity contribution in [2.24, 2.45) is 5.92 Å². The lowest BCUT2D eigenvalue weighted by Gasteiger charge is -2.06. The maximum absolute atomic E-state index is 10.6. The van der Waals surface area contributed by atoms with E-state index in [9.17, 15) is 4.79 Å². The Kier molecular flexibility index (Phi) is 5.70. The zero-order chi connectivity index (χ0) is 12.7. The molecular weight excluding hydrogens is 216 g/mol. The number of carboxylic acid groups (broad SMARTS) is 1. The maximum atomic E-state index is 10.6. The molecule has 0 saturated carbocycles. The highest BCUT2D eigenvalue weighted by Crippen LogP contribution is 2.07. The molecule has 0 spiro atoms. The van der Waals surface area contributed by atoms with E-state index in [1.165, 1.54) is 6.42 Å². The zero-order valence-electron chi connectivity index (χ0n) is 10.5. The molecule has 0 saturated heterocycles. The molecular formula is C14H20O3. The topological polar surface area (TPSA) is 46.5 Å². The minimum Gasteiger partial charge on any atom is -0.478 e. The van der Waals surface area contributed by atoms with Gasteiger partial charge in [0.1, 0.15) is 0 Å². The molecule has 0 amide bonds. The van der Waals surface area contributed by atoms with Gasteiger partial charge in [0.25, 0.3) is 0 Å².